The fourth-order valence-corrected chi connectivity index (χ4v) is 3.13. The molecule has 2 aliphatic heterocycles. The molecule has 1 atom stereocenters. The Morgan fingerprint density at radius 1 is 1.27 bits per heavy atom. The highest BCUT2D eigenvalue weighted by Gasteiger charge is 2.31. The molecule has 0 aromatic heterocycles. The van der Waals surface area contributed by atoms with Gasteiger partial charge in [-0.2, -0.15) is 13.2 Å². The lowest BCUT2D eigenvalue weighted by Crippen LogP contribution is -2.47. The Kier molecular flexibility index (Phi) is 6.05. The number of halogens is 3. The molecule has 1 unspecified atom stereocenters. The minimum Gasteiger partial charge on any atom is -0.389 e. The molecule has 2 aliphatic rings. The lowest BCUT2D eigenvalue weighted by Gasteiger charge is -2.37. The third-order valence-electron chi connectivity index (χ3n) is 4.15. The van der Waals surface area contributed by atoms with Gasteiger partial charge in [0.15, 0.2) is 0 Å². The second-order valence-corrected chi connectivity index (χ2v) is 6.01. The van der Waals surface area contributed by atoms with Crippen molar-refractivity contribution in [3.05, 3.63) is 0 Å². The molecule has 2 rings (SSSR count). The van der Waals surface area contributed by atoms with Gasteiger partial charge in [0.25, 0.3) is 0 Å². The van der Waals surface area contributed by atoms with E-state index >= 15 is 0 Å². The number of rotatable bonds is 6. The first-order valence-corrected chi connectivity index (χ1v) is 7.69. The summed E-state index contributed by atoms with van der Waals surface area (Å²) in [6, 6.07) is 0.268. The van der Waals surface area contributed by atoms with Crippen LogP contribution in [0.4, 0.5) is 13.2 Å². The van der Waals surface area contributed by atoms with Crippen LogP contribution in [0.15, 0.2) is 0 Å². The van der Waals surface area contributed by atoms with Crippen LogP contribution in [-0.4, -0.2) is 78.5 Å². The summed E-state index contributed by atoms with van der Waals surface area (Å²) < 4.78 is 40.3. The van der Waals surface area contributed by atoms with Crippen molar-refractivity contribution in [1.82, 2.24) is 9.80 Å². The summed E-state index contributed by atoms with van der Waals surface area (Å²) in [4.78, 5) is 15.7. The van der Waals surface area contributed by atoms with Gasteiger partial charge in [-0.25, -0.2) is 0 Å². The van der Waals surface area contributed by atoms with Crippen molar-refractivity contribution >= 4 is 5.91 Å². The lowest BCUT2D eigenvalue weighted by molar-refractivity contribution is -0.179. The van der Waals surface area contributed by atoms with Gasteiger partial charge < -0.3 is 19.6 Å². The van der Waals surface area contributed by atoms with Gasteiger partial charge in [-0.3, -0.25) is 4.79 Å². The number of β-amino-alcohol motifs (C(OH)–C–C–N with tert-alkyl or cyclic N) is 1. The van der Waals surface area contributed by atoms with E-state index in [1.807, 2.05) is 9.80 Å². The number of carbonyl (C=O) groups is 1. The van der Waals surface area contributed by atoms with E-state index in [4.69, 9.17) is 0 Å². The van der Waals surface area contributed by atoms with E-state index in [0.717, 1.165) is 38.9 Å². The molecule has 0 aromatic rings. The molecule has 0 bridgehead atoms. The third kappa shape index (κ3) is 5.40. The van der Waals surface area contributed by atoms with Crippen LogP contribution in [0.2, 0.25) is 0 Å². The number of ether oxygens (including phenoxy) is 1. The molecule has 0 radical (unpaired) electrons. The van der Waals surface area contributed by atoms with E-state index in [-0.39, 0.29) is 18.6 Å². The first-order valence-electron chi connectivity index (χ1n) is 7.69. The Balaban J connectivity index is 1.63. The van der Waals surface area contributed by atoms with Crippen LogP contribution < -0.4 is 0 Å². The molecular weight excluding hydrogens is 301 g/mol. The van der Waals surface area contributed by atoms with Crippen LogP contribution in [0.1, 0.15) is 25.7 Å². The van der Waals surface area contributed by atoms with Crippen molar-refractivity contribution in [2.24, 2.45) is 0 Å². The molecule has 128 valence electrons. The third-order valence-corrected chi connectivity index (χ3v) is 4.15. The number of hydrogen-bond donors (Lipinski definition) is 1. The molecule has 0 aromatic carbocycles. The Morgan fingerprint density at radius 3 is 2.50 bits per heavy atom. The standard InChI is InChI=1S/C14H23F3N2O3/c15-14(16,17)10-22-9-12(20)8-18-6-3-11(4-7-18)19-5-1-2-13(19)21/h11-12,20H,1-10H2. The van der Waals surface area contributed by atoms with Gasteiger partial charge in [0.05, 0.1) is 12.7 Å². The number of likely N-dealkylation sites (tertiary alicyclic amines) is 2. The molecule has 5 nitrogen and oxygen atoms in total. The Hall–Kier alpha value is -0.860. The molecule has 8 heteroatoms. The number of aliphatic hydroxyl groups is 1. The van der Waals surface area contributed by atoms with Crippen molar-refractivity contribution in [1.29, 1.82) is 0 Å². The van der Waals surface area contributed by atoms with Crippen LogP contribution in [-0.2, 0) is 9.53 Å². The average Bonchev–Trinajstić information content (AvgIpc) is 2.84. The van der Waals surface area contributed by atoms with Gasteiger partial charge in [0.2, 0.25) is 5.91 Å². The molecule has 0 aliphatic carbocycles. The maximum atomic E-state index is 11.9. The number of piperidine rings is 1. The topological polar surface area (TPSA) is 53.0 Å². The van der Waals surface area contributed by atoms with Crippen molar-refractivity contribution < 1.29 is 27.8 Å². The van der Waals surface area contributed by atoms with Gasteiger partial charge >= 0.3 is 6.18 Å². The minimum atomic E-state index is -4.36. The van der Waals surface area contributed by atoms with Gasteiger partial charge in [0.1, 0.15) is 6.61 Å². The molecule has 1 amide bonds. The maximum Gasteiger partial charge on any atom is 0.411 e. The summed E-state index contributed by atoms with van der Waals surface area (Å²) >= 11 is 0. The summed E-state index contributed by atoms with van der Waals surface area (Å²) in [7, 11) is 0. The molecule has 2 saturated heterocycles. The monoisotopic (exact) mass is 324 g/mol. The van der Waals surface area contributed by atoms with Gasteiger partial charge in [-0.05, 0) is 19.3 Å². The first-order chi connectivity index (χ1) is 10.3. The zero-order valence-corrected chi connectivity index (χ0v) is 12.5. The number of amides is 1. The summed E-state index contributed by atoms with van der Waals surface area (Å²) in [6.45, 7) is 0.971. The number of nitrogens with zero attached hydrogens (tertiary/aromatic N) is 2. The van der Waals surface area contributed by atoms with Crippen molar-refractivity contribution in [2.75, 3.05) is 39.4 Å². The highest BCUT2D eigenvalue weighted by atomic mass is 19.4. The second-order valence-electron chi connectivity index (χ2n) is 6.01. The van der Waals surface area contributed by atoms with E-state index in [1.165, 1.54) is 0 Å². The van der Waals surface area contributed by atoms with Gasteiger partial charge in [0, 0.05) is 38.6 Å². The molecule has 2 heterocycles. The maximum absolute atomic E-state index is 11.9. The highest BCUT2D eigenvalue weighted by molar-refractivity contribution is 5.78. The number of hydrogen-bond acceptors (Lipinski definition) is 4. The van der Waals surface area contributed by atoms with Crippen molar-refractivity contribution in [3.63, 3.8) is 0 Å². The van der Waals surface area contributed by atoms with E-state index in [2.05, 4.69) is 4.74 Å². The van der Waals surface area contributed by atoms with Crippen LogP contribution in [0.5, 0.6) is 0 Å². The predicted molar refractivity (Wildman–Crippen MR) is 73.3 cm³/mol. The highest BCUT2D eigenvalue weighted by Crippen LogP contribution is 2.22. The molecule has 0 saturated carbocycles. The normalized spacial score (nSPS) is 23.3. The first kappa shape index (κ1) is 17.5. The minimum absolute atomic E-state index is 0.221. The SMILES string of the molecule is O=C1CCCN1C1CCN(CC(O)COCC(F)(F)F)CC1. The smallest absolute Gasteiger partial charge is 0.389 e. The zero-order valence-electron chi connectivity index (χ0n) is 12.5. The van der Waals surface area contributed by atoms with Gasteiger partial charge in [-0.1, -0.05) is 0 Å². The molecule has 2 fully saturated rings. The number of alkyl halides is 3. The quantitative estimate of drug-likeness (QED) is 0.792. The zero-order chi connectivity index (χ0) is 16.2. The molecule has 1 N–H and O–H groups in total. The van der Waals surface area contributed by atoms with E-state index in [0.29, 0.717) is 13.0 Å². The van der Waals surface area contributed by atoms with Crippen LogP contribution in [0.25, 0.3) is 0 Å². The van der Waals surface area contributed by atoms with Crippen molar-refractivity contribution in [3.8, 4) is 0 Å². The number of aliphatic hydroxyl groups excluding tert-OH is 1. The molecular formula is C14H23F3N2O3. The lowest BCUT2D eigenvalue weighted by atomic mass is 10.0. The van der Waals surface area contributed by atoms with Crippen LogP contribution in [0, 0.1) is 0 Å². The Labute approximate surface area is 128 Å². The second kappa shape index (κ2) is 7.61. The van der Waals surface area contributed by atoms with Crippen molar-refractivity contribution in [2.45, 2.75) is 44.0 Å². The number of carbonyl (C=O) groups excluding carboxylic acids is 1. The average molecular weight is 324 g/mol. The van der Waals surface area contributed by atoms with Crippen LogP contribution >= 0.6 is 0 Å². The van der Waals surface area contributed by atoms with E-state index in [9.17, 15) is 23.1 Å². The fourth-order valence-electron chi connectivity index (χ4n) is 3.13. The van der Waals surface area contributed by atoms with E-state index in [1.54, 1.807) is 0 Å². The largest absolute Gasteiger partial charge is 0.411 e. The summed E-state index contributed by atoms with van der Waals surface area (Å²) in [6.07, 6.45) is -2.03. The summed E-state index contributed by atoms with van der Waals surface area (Å²) in [5.74, 6) is 0.221. The predicted octanol–water partition coefficient (Wildman–Crippen LogP) is 1.01. The Morgan fingerprint density at radius 2 is 1.95 bits per heavy atom. The van der Waals surface area contributed by atoms with E-state index < -0.39 is 18.9 Å². The molecule has 0 spiro atoms. The summed E-state index contributed by atoms with van der Waals surface area (Å²) in [5, 5.41) is 9.72. The van der Waals surface area contributed by atoms with Gasteiger partial charge in [-0.15, -0.1) is 0 Å². The summed E-state index contributed by atoms with van der Waals surface area (Å²) in [5.41, 5.74) is 0. The van der Waals surface area contributed by atoms with Crippen LogP contribution in [0.3, 0.4) is 0 Å². The molecule has 22 heavy (non-hydrogen) atoms. The Bertz CT molecular complexity index is 371. The fraction of sp³-hybridized carbons (Fsp3) is 0.929.